The van der Waals surface area contributed by atoms with Crippen molar-refractivity contribution in [2.45, 2.75) is 6.42 Å². The van der Waals surface area contributed by atoms with Gasteiger partial charge in [-0.05, 0) is 12.0 Å². The summed E-state index contributed by atoms with van der Waals surface area (Å²) in [5.74, 6) is -0.422. The molecule has 0 unspecified atom stereocenters. The number of nitrogens with two attached hydrogens (primary N) is 1. The van der Waals surface area contributed by atoms with Crippen LogP contribution in [0.1, 0.15) is 5.56 Å². The number of amides is 1. The Bertz CT molecular complexity index is 339. The van der Waals surface area contributed by atoms with E-state index in [1.54, 1.807) is 6.08 Å². The maximum atomic E-state index is 10.3. The molecule has 0 atom stereocenters. The summed E-state index contributed by atoms with van der Waals surface area (Å²) in [7, 11) is 0. The Morgan fingerprint density at radius 2 is 1.93 bits per heavy atom. The number of allylic oxidation sites excluding steroid dienone is 3. The van der Waals surface area contributed by atoms with Crippen LogP contribution in [0.5, 0.6) is 0 Å². The van der Waals surface area contributed by atoms with Crippen LogP contribution in [0, 0.1) is 0 Å². The zero-order chi connectivity index (χ0) is 10.2. The van der Waals surface area contributed by atoms with Gasteiger partial charge in [-0.1, -0.05) is 48.6 Å². The number of rotatable bonds is 4. The number of primary amides is 1. The van der Waals surface area contributed by atoms with Crippen LogP contribution in [0.2, 0.25) is 0 Å². The SMILES string of the molecule is NC(=O)C=CC=CCc1ccccc1. The van der Waals surface area contributed by atoms with E-state index < -0.39 is 5.91 Å². The first-order valence-corrected chi connectivity index (χ1v) is 4.45. The van der Waals surface area contributed by atoms with Crippen LogP contribution < -0.4 is 5.73 Å². The number of benzene rings is 1. The lowest BCUT2D eigenvalue weighted by atomic mass is 10.1. The molecule has 14 heavy (non-hydrogen) atoms. The zero-order valence-electron chi connectivity index (χ0n) is 7.89. The average Bonchev–Trinajstić information content (AvgIpc) is 2.18. The summed E-state index contributed by atoms with van der Waals surface area (Å²) in [6, 6.07) is 10.1. The van der Waals surface area contributed by atoms with Gasteiger partial charge in [-0.15, -0.1) is 0 Å². The predicted octanol–water partition coefficient (Wildman–Crippen LogP) is 1.83. The van der Waals surface area contributed by atoms with Crippen LogP contribution in [0.3, 0.4) is 0 Å². The fourth-order valence-corrected chi connectivity index (χ4v) is 1.05. The summed E-state index contributed by atoms with van der Waals surface area (Å²) >= 11 is 0. The van der Waals surface area contributed by atoms with Crippen molar-refractivity contribution in [1.29, 1.82) is 0 Å². The molecule has 2 heteroatoms. The molecule has 0 saturated heterocycles. The highest BCUT2D eigenvalue weighted by atomic mass is 16.1. The van der Waals surface area contributed by atoms with E-state index in [4.69, 9.17) is 5.73 Å². The summed E-state index contributed by atoms with van der Waals surface area (Å²) in [4.78, 5) is 10.3. The van der Waals surface area contributed by atoms with E-state index in [9.17, 15) is 4.79 Å². The minimum absolute atomic E-state index is 0.422. The Morgan fingerprint density at radius 1 is 1.21 bits per heavy atom. The van der Waals surface area contributed by atoms with Gasteiger partial charge in [0.25, 0.3) is 0 Å². The Morgan fingerprint density at radius 3 is 2.57 bits per heavy atom. The second kappa shape index (κ2) is 5.75. The van der Waals surface area contributed by atoms with E-state index in [2.05, 4.69) is 12.1 Å². The highest BCUT2D eigenvalue weighted by Crippen LogP contribution is 1.99. The molecule has 1 rings (SSSR count). The third-order valence-corrected chi connectivity index (χ3v) is 1.70. The second-order valence-electron chi connectivity index (χ2n) is 2.88. The summed E-state index contributed by atoms with van der Waals surface area (Å²) in [6.07, 6.45) is 7.64. The van der Waals surface area contributed by atoms with Crippen LogP contribution >= 0.6 is 0 Å². The lowest BCUT2D eigenvalue weighted by molar-refractivity contribution is -0.113. The Labute approximate surface area is 83.7 Å². The van der Waals surface area contributed by atoms with E-state index in [1.165, 1.54) is 11.6 Å². The zero-order valence-corrected chi connectivity index (χ0v) is 7.89. The first-order chi connectivity index (χ1) is 6.79. The molecular weight excluding hydrogens is 174 g/mol. The molecule has 0 bridgehead atoms. The molecule has 0 radical (unpaired) electrons. The third-order valence-electron chi connectivity index (χ3n) is 1.70. The lowest BCUT2D eigenvalue weighted by Crippen LogP contribution is -2.04. The summed E-state index contributed by atoms with van der Waals surface area (Å²) in [6.45, 7) is 0. The molecule has 0 aliphatic rings. The smallest absolute Gasteiger partial charge is 0.241 e. The molecule has 0 saturated carbocycles. The largest absolute Gasteiger partial charge is 0.366 e. The quantitative estimate of drug-likeness (QED) is 0.567. The van der Waals surface area contributed by atoms with Crippen molar-refractivity contribution in [2.24, 2.45) is 5.73 Å². The van der Waals surface area contributed by atoms with Gasteiger partial charge in [0, 0.05) is 6.08 Å². The maximum Gasteiger partial charge on any atom is 0.241 e. The van der Waals surface area contributed by atoms with Crippen LogP contribution in [0.25, 0.3) is 0 Å². The fraction of sp³-hybridized carbons (Fsp3) is 0.0833. The molecule has 2 N–H and O–H groups in total. The monoisotopic (exact) mass is 187 g/mol. The minimum atomic E-state index is -0.422. The highest BCUT2D eigenvalue weighted by Gasteiger charge is 1.84. The Kier molecular flexibility index (Phi) is 4.21. The van der Waals surface area contributed by atoms with Crippen molar-refractivity contribution in [3.8, 4) is 0 Å². The number of carbonyl (C=O) groups is 1. The van der Waals surface area contributed by atoms with Gasteiger partial charge in [-0.3, -0.25) is 4.79 Å². The summed E-state index contributed by atoms with van der Waals surface area (Å²) in [5, 5.41) is 0. The van der Waals surface area contributed by atoms with Crippen molar-refractivity contribution in [3.63, 3.8) is 0 Å². The van der Waals surface area contributed by atoms with E-state index >= 15 is 0 Å². The molecular formula is C12H13NO. The third kappa shape index (κ3) is 4.26. The molecule has 0 fully saturated rings. The maximum absolute atomic E-state index is 10.3. The van der Waals surface area contributed by atoms with Crippen LogP contribution in [-0.4, -0.2) is 5.91 Å². The average molecular weight is 187 g/mol. The summed E-state index contributed by atoms with van der Waals surface area (Å²) < 4.78 is 0. The van der Waals surface area contributed by atoms with Gasteiger partial charge >= 0.3 is 0 Å². The number of hydrogen-bond donors (Lipinski definition) is 1. The van der Waals surface area contributed by atoms with Crippen molar-refractivity contribution < 1.29 is 4.79 Å². The molecule has 1 aromatic carbocycles. The lowest BCUT2D eigenvalue weighted by Gasteiger charge is -1.92. The molecule has 0 aliphatic heterocycles. The number of hydrogen-bond acceptors (Lipinski definition) is 1. The van der Waals surface area contributed by atoms with E-state index in [0.717, 1.165) is 6.42 Å². The topological polar surface area (TPSA) is 43.1 Å². The van der Waals surface area contributed by atoms with Gasteiger partial charge in [0.1, 0.15) is 0 Å². The number of carbonyl (C=O) groups excluding carboxylic acids is 1. The van der Waals surface area contributed by atoms with Crippen molar-refractivity contribution in [3.05, 3.63) is 60.2 Å². The van der Waals surface area contributed by atoms with Crippen molar-refractivity contribution in [2.75, 3.05) is 0 Å². The molecule has 0 aromatic heterocycles. The first kappa shape index (κ1) is 10.3. The Balaban J connectivity index is 2.38. The molecule has 2 nitrogen and oxygen atoms in total. The van der Waals surface area contributed by atoms with Crippen molar-refractivity contribution >= 4 is 5.91 Å². The van der Waals surface area contributed by atoms with Crippen LogP contribution in [0.4, 0.5) is 0 Å². The molecule has 1 aromatic rings. The van der Waals surface area contributed by atoms with Gasteiger partial charge in [0.15, 0.2) is 0 Å². The van der Waals surface area contributed by atoms with E-state index in [-0.39, 0.29) is 0 Å². The van der Waals surface area contributed by atoms with E-state index in [0.29, 0.717) is 0 Å². The first-order valence-electron chi connectivity index (χ1n) is 4.45. The van der Waals surface area contributed by atoms with Gasteiger partial charge in [0.05, 0.1) is 0 Å². The molecule has 1 amide bonds. The van der Waals surface area contributed by atoms with Crippen LogP contribution in [0.15, 0.2) is 54.6 Å². The van der Waals surface area contributed by atoms with E-state index in [1.807, 2.05) is 30.4 Å². The molecule has 0 aliphatic carbocycles. The standard InChI is InChI=1S/C12H13NO/c13-12(14)10-6-2-5-9-11-7-3-1-4-8-11/h1-8,10H,9H2,(H2,13,14). The Hall–Kier alpha value is -1.83. The second-order valence-corrected chi connectivity index (χ2v) is 2.88. The van der Waals surface area contributed by atoms with Gasteiger partial charge in [-0.2, -0.15) is 0 Å². The van der Waals surface area contributed by atoms with Gasteiger partial charge < -0.3 is 5.73 Å². The molecule has 0 spiro atoms. The van der Waals surface area contributed by atoms with Gasteiger partial charge in [-0.25, -0.2) is 0 Å². The highest BCUT2D eigenvalue weighted by molar-refractivity contribution is 5.85. The minimum Gasteiger partial charge on any atom is -0.366 e. The van der Waals surface area contributed by atoms with Gasteiger partial charge in [0.2, 0.25) is 5.91 Å². The van der Waals surface area contributed by atoms with Crippen LogP contribution in [-0.2, 0) is 11.2 Å². The normalized spacial score (nSPS) is 11.1. The molecule has 72 valence electrons. The summed E-state index contributed by atoms with van der Waals surface area (Å²) in [5.41, 5.74) is 6.17. The van der Waals surface area contributed by atoms with Crippen molar-refractivity contribution in [1.82, 2.24) is 0 Å². The molecule has 0 heterocycles. The fourth-order valence-electron chi connectivity index (χ4n) is 1.05. The predicted molar refractivity (Wildman–Crippen MR) is 57.6 cm³/mol.